The van der Waals surface area contributed by atoms with Crippen LogP contribution in [0, 0.1) is 6.92 Å². The van der Waals surface area contributed by atoms with E-state index in [2.05, 4.69) is 5.10 Å². The number of nitrogens with zero attached hydrogens (tertiary/aromatic N) is 2. The zero-order valence-electron chi connectivity index (χ0n) is 10.8. The number of nitrogen functional groups attached to an aromatic ring is 1. The Labute approximate surface area is 115 Å². The van der Waals surface area contributed by atoms with Gasteiger partial charge in [-0.15, -0.1) is 11.8 Å². The SMILES string of the molecule is CSc1nn(Cc2ccc(C)cc2)c(N)c1C(=O)O. The van der Waals surface area contributed by atoms with Crippen LogP contribution in [0.3, 0.4) is 0 Å². The van der Waals surface area contributed by atoms with Gasteiger partial charge in [-0.1, -0.05) is 29.8 Å². The van der Waals surface area contributed by atoms with Crippen molar-refractivity contribution in [2.24, 2.45) is 0 Å². The number of rotatable bonds is 4. The van der Waals surface area contributed by atoms with Crippen LogP contribution in [0.15, 0.2) is 29.3 Å². The molecule has 0 saturated carbocycles. The molecule has 0 atom stereocenters. The summed E-state index contributed by atoms with van der Waals surface area (Å²) in [5, 5.41) is 13.8. The van der Waals surface area contributed by atoms with E-state index in [0.29, 0.717) is 11.6 Å². The van der Waals surface area contributed by atoms with E-state index in [-0.39, 0.29) is 11.4 Å². The van der Waals surface area contributed by atoms with E-state index in [1.54, 1.807) is 6.26 Å². The summed E-state index contributed by atoms with van der Waals surface area (Å²) in [5.41, 5.74) is 8.15. The third-order valence-electron chi connectivity index (χ3n) is 2.82. The fourth-order valence-electron chi connectivity index (χ4n) is 1.78. The Bertz CT molecular complexity index is 605. The molecule has 1 heterocycles. The normalized spacial score (nSPS) is 10.6. The highest BCUT2D eigenvalue weighted by Crippen LogP contribution is 2.25. The Morgan fingerprint density at radius 3 is 2.53 bits per heavy atom. The highest BCUT2D eigenvalue weighted by atomic mass is 32.2. The summed E-state index contributed by atoms with van der Waals surface area (Å²) >= 11 is 1.28. The van der Waals surface area contributed by atoms with Crippen LogP contribution in [0.4, 0.5) is 5.82 Å². The van der Waals surface area contributed by atoms with Crippen LogP contribution < -0.4 is 5.73 Å². The van der Waals surface area contributed by atoms with E-state index in [4.69, 9.17) is 10.8 Å². The molecule has 0 unspecified atom stereocenters. The fraction of sp³-hybridized carbons (Fsp3) is 0.231. The number of hydrogen-bond acceptors (Lipinski definition) is 4. The number of aromatic carboxylic acids is 1. The molecule has 2 rings (SSSR count). The third-order valence-corrected chi connectivity index (χ3v) is 3.49. The summed E-state index contributed by atoms with van der Waals surface area (Å²) in [6.45, 7) is 2.48. The zero-order valence-corrected chi connectivity index (χ0v) is 11.6. The van der Waals surface area contributed by atoms with Gasteiger partial charge >= 0.3 is 5.97 Å². The van der Waals surface area contributed by atoms with Gasteiger partial charge in [0.15, 0.2) is 0 Å². The quantitative estimate of drug-likeness (QED) is 0.838. The first kappa shape index (κ1) is 13.5. The zero-order chi connectivity index (χ0) is 14.0. The van der Waals surface area contributed by atoms with Crippen LogP contribution in [0.5, 0.6) is 0 Å². The Balaban J connectivity index is 2.35. The molecule has 0 bridgehead atoms. The summed E-state index contributed by atoms with van der Waals surface area (Å²) < 4.78 is 1.53. The number of anilines is 1. The van der Waals surface area contributed by atoms with Gasteiger partial charge in [-0.3, -0.25) is 0 Å². The molecule has 100 valence electrons. The first-order valence-electron chi connectivity index (χ1n) is 5.72. The molecule has 3 N–H and O–H groups in total. The molecular formula is C13H15N3O2S. The van der Waals surface area contributed by atoms with Gasteiger partial charge in [-0.2, -0.15) is 5.10 Å². The maximum absolute atomic E-state index is 11.2. The summed E-state index contributed by atoms with van der Waals surface area (Å²) in [4.78, 5) is 11.2. The second-order valence-corrected chi connectivity index (χ2v) is 5.01. The molecule has 19 heavy (non-hydrogen) atoms. The van der Waals surface area contributed by atoms with Crippen LogP contribution in [0.2, 0.25) is 0 Å². The van der Waals surface area contributed by atoms with E-state index in [0.717, 1.165) is 5.56 Å². The summed E-state index contributed by atoms with van der Waals surface area (Å²) in [5.74, 6) is -0.852. The van der Waals surface area contributed by atoms with Crippen molar-refractivity contribution in [1.82, 2.24) is 9.78 Å². The minimum Gasteiger partial charge on any atom is -0.477 e. The largest absolute Gasteiger partial charge is 0.477 e. The average molecular weight is 277 g/mol. The number of aryl methyl sites for hydroxylation is 1. The maximum atomic E-state index is 11.2. The molecule has 0 saturated heterocycles. The maximum Gasteiger partial charge on any atom is 0.342 e. The molecule has 0 aliphatic rings. The van der Waals surface area contributed by atoms with E-state index in [9.17, 15) is 4.79 Å². The molecular weight excluding hydrogens is 262 g/mol. The highest BCUT2D eigenvalue weighted by molar-refractivity contribution is 7.98. The first-order valence-corrected chi connectivity index (χ1v) is 6.94. The van der Waals surface area contributed by atoms with Gasteiger partial charge in [0.1, 0.15) is 16.4 Å². The topological polar surface area (TPSA) is 81.1 Å². The van der Waals surface area contributed by atoms with Crippen molar-refractivity contribution in [2.45, 2.75) is 18.5 Å². The van der Waals surface area contributed by atoms with E-state index < -0.39 is 5.97 Å². The second-order valence-electron chi connectivity index (χ2n) is 4.22. The predicted molar refractivity (Wildman–Crippen MR) is 75.7 cm³/mol. The Morgan fingerprint density at radius 1 is 1.42 bits per heavy atom. The lowest BCUT2D eigenvalue weighted by molar-refractivity contribution is 0.0694. The average Bonchev–Trinajstić information content (AvgIpc) is 2.69. The molecule has 5 nitrogen and oxygen atoms in total. The molecule has 0 fully saturated rings. The Morgan fingerprint density at radius 2 is 2.05 bits per heavy atom. The van der Waals surface area contributed by atoms with E-state index in [1.807, 2.05) is 31.2 Å². The van der Waals surface area contributed by atoms with E-state index >= 15 is 0 Å². The Kier molecular flexibility index (Phi) is 3.80. The monoisotopic (exact) mass is 277 g/mol. The molecule has 2 aromatic rings. The predicted octanol–water partition coefficient (Wildman–Crippen LogP) is 2.24. The van der Waals surface area contributed by atoms with Crippen molar-refractivity contribution in [3.8, 4) is 0 Å². The first-order chi connectivity index (χ1) is 9.02. The third kappa shape index (κ3) is 2.73. The van der Waals surface area contributed by atoms with Gasteiger partial charge in [0.05, 0.1) is 6.54 Å². The number of benzene rings is 1. The molecule has 0 radical (unpaired) electrons. The number of hydrogen-bond donors (Lipinski definition) is 2. The molecule has 0 spiro atoms. The van der Waals surface area contributed by atoms with Crippen molar-refractivity contribution < 1.29 is 9.90 Å². The molecule has 1 aromatic heterocycles. The lowest BCUT2D eigenvalue weighted by atomic mass is 10.1. The van der Waals surface area contributed by atoms with Crippen molar-refractivity contribution >= 4 is 23.5 Å². The van der Waals surface area contributed by atoms with Crippen molar-refractivity contribution in [3.05, 3.63) is 41.0 Å². The minimum absolute atomic E-state index is 0.0830. The highest BCUT2D eigenvalue weighted by Gasteiger charge is 2.20. The van der Waals surface area contributed by atoms with Crippen LogP contribution in [-0.2, 0) is 6.54 Å². The molecule has 1 aromatic carbocycles. The number of thioether (sulfide) groups is 1. The van der Waals surface area contributed by atoms with Gasteiger partial charge in [-0.25, -0.2) is 9.48 Å². The molecule has 0 amide bonds. The Hall–Kier alpha value is -1.95. The van der Waals surface area contributed by atoms with Gasteiger partial charge < -0.3 is 10.8 Å². The number of nitrogens with two attached hydrogens (primary N) is 1. The summed E-state index contributed by atoms with van der Waals surface area (Å²) in [6, 6.07) is 7.97. The van der Waals surface area contributed by atoms with Gasteiger partial charge in [0, 0.05) is 0 Å². The van der Waals surface area contributed by atoms with Crippen LogP contribution in [-0.4, -0.2) is 27.1 Å². The van der Waals surface area contributed by atoms with Gasteiger partial charge in [0.2, 0.25) is 0 Å². The lowest BCUT2D eigenvalue weighted by Crippen LogP contribution is -2.08. The van der Waals surface area contributed by atoms with Crippen molar-refractivity contribution in [2.75, 3.05) is 12.0 Å². The summed E-state index contributed by atoms with van der Waals surface area (Å²) in [7, 11) is 0. The molecule has 6 heteroatoms. The number of carboxylic acids is 1. The van der Waals surface area contributed by atoms with Crippen LogP contribution >= 0.6 is 11.8 Å². The lowest BCUT2D eigenvalue weighted by Gasteiger charge is -2.04. The van der Waals surface area contributed by atoms with Crippen LogP contribution in [0.1, 0.15) is 21.5 Å². The number of carboxylic acid groups (broad SMARTS) is 1. The van der Waals surface area contributed by atoms with Crippen molar-refractivity contribution in [1.29, 1.82) is 0 Å². The van der Waals surface area contributed by atoms with Crippen molar-refractivity contribution in [3.63, 3.8) is 0 Å². The summed E-state index contributed by atoms with van der Waals surface area (Å²) in [6.07, 6.45) is 1.78. The molecule has 0 aliphatic carbocycles. The minimum atomic E-state index is -1.04. The smallest absolute Gasteiger partial charge is 0.342 e. The standard InChI is InChI=1S/C13H15N3O2S/c1-8-3-5-9(6-4-8)7-16-11(14)10(13(17)18)12(15-16)19-2/h3-6H,7,14H2,1-2H3,(H,17,18). The fourth-order valence-corrected chi connectivity index (χ4v) is 2.36. The number of carbonyl (C=O) groups is 1. The van der Waals surface area contributed by atoms with E-state index in [1.165, 1.54) is 22.0 Å². The van der Waals surface area contributed by atoms with Gasteiger partial charge in [-0.05, 0) is 18.7 Å². The molecule has 0 aliphatic heterocycles. The van der Waals surface area contributed by atoms with Crippen LogP contribution in [0.25, 0.3) is 0 Å². The number of aromatic nitrogens is 2. The van der Waals surface area contributed by atoms with Gasteiger partial charge in [0.25, 0.3) is 0 Å². The second kappa shape index (κ2) is 5.36.